The van der Waals surface area contributed by atoms with Crippen LogP contribution in [0.15, 0.2) is 83.4 Å². The molecule has 0 radical (unpaired) electrons. The third-order valence-corrected chi connectivity index (χ3v) is 6.44. The van der Waals surface area contributed by atoms with Gasteiger partial charge in [0, 0.05) is 21.1 Å². The number of carbonyl (C=O) groups excluding carboxylic acids is 2. The smallest absolute Gasteiger partial charge is 0.412 e. The van der Waals surface area contributed by atoms with Crippen LogP contribution in [0.4, 0.5) is 21.9 Å². The Bertz CT molecular complexity index is 1270. The molecule has 0 saturated heterocycles. The van der Waals surface area contributed by atoms with Gasteiger partial charge in [0.15, 0.2) is 0 Å². The van der Waals surface area contributed by atoms with E-state index in [4.69, 9.17) is 10.5 Å². The molecule has 0 saturated carbocycles. The third-order valence-electron chi connectivity index (χ3n) is 5.95. The number of ether oxygens (including phenoxy) is 1. The summed E-state index contributed by atoms with van der Waals surface area (Å²) in [6.45, 7) is 5.87. The van der Waals surface area contributed by atoms with E-state index < -0.39 is 17.6 Å². The number of aryl methyl sites for hydroxylation is 1. The molecule has 5 N–H and O–H groups in total. The van der Waals surface area contributed by atoms with Crippen LogP contribution in [0.1, 0.15) is 43.9 Å². The number of rotatable bonds is 9. The molecule has 0 heterocycles. The lowest BCUT2D eigenvalue weighted by molar-refractivity contribution is -0.111. The van der Waals surface area contributed by atoms with E-state index in [0.717, 1.165) is 10.0 Å². The lowest BCUT2D eigenvalue weighted by atomic mass is 9.78. The number of hydrogen-bond acceptors (Lipinski definition) is 5. The highest BCUT2D eigenvalue weighted by atomic mass is 79.9. The fourth-order valence-electron chi connectivity index (χ4n) is 3.83. The van der Waals surface area contributed by atoms with Crippen LogP contribution in [0.3, 0.4) is 0 Å². The first-order chi connectivity index (χ1) is 17.5. The van der Waals surface area contributed by atoms with E-state index in [-0.39, 0.29) is 11.7 Å². The second kappa shape index (κ2) is 12.5. The van der Waals surface area contributed by atoms with Crippen molar-refractivity contribution >= 4 is 45.0 Å². The molecule has 37 heavy (non-hydrogen) atoms. The van der Waals surface area contributed by atoms with Crippen molar-refractivity contribution in [1.29, 1.82) is 0 Å². The fraction of sp³-hybridized carbons (Fsp3) is 0.241. The number of nitrogens with two attached hydrogens (primary N) is 1. The van der Waals surface area contributed by atoms with Crippen LogP contribution >= 0.6 is 15.9 Å². The van der Waals surface area contributed by atoms with Crippen molar-refractivity contribution in [3.05, 3.63) is 94.5 Å². The van der Waals surface area contributed by atoms with Crippen LogP contribution < -0.4 is 16.4 Å². The number of phenols is 1. The maximum Gasteiger partial charge on any atom is 0.412 e. The lowest BCUT2D eigenvalue weighted by Crippen LogP contribution is -2.29. The Morgan fingerprint density at radius 3 is 2.49 bits per heavy atom. The summed E-state index contributed by atoms with van der Waals surface area (Å²) in [5, 5.41) is 16.1. The zero-order valence-corrected chi connectivity index (χ0v) is 22.7. The maximum absolute atomic E-state index is 12.8. The van der Waals surface area contributed by atoms with Crippen LogP contribution in [0.5, 0.6) is 5.75 Å². The molecular weight excluding hydrogens is 534 g/mol. The molecule has 0 unspecified atom stereocenters. The minimum atomic E-state index is -0.762. The van der Waals surface area contributed by atoms with Gasteiger partial charge in [-0.15, -0.1) is 0 Å². The summed E-state index contributed by atoms with van der Waals surface area (Å²) in [5.74, 6) is -0.259. The van der Waals surface area contributed by atoms with E-state index >= 15 is 0 Å². The van der Waals surface area contributed by atoms with Gasteiger partial charge in [-0.2, -0.15) is 0 Å². The van der Waals surface area contributed by atoms with E-state index in [1.54, 1.807) is 60.7 Å². The molecular formula is C29H32BrN3O4. The van der Waals surface area contributed by atoms with Crippen molar-refractivity contribution in [1.82, 2.24) is 0 Å². The molecule has 0 aliphatic heterocycles. The normalized spacial score (nSPS) is 12.2. The Kier molecular flexibility index (Phi) is 9.36. The van der Waals surface area contributed by atoms with Gasteiger partial charge in [-0.05, 0) is 68.3 Å². The topological polar surface area (TPSA) is 114 Å². The molecule has 3 aromatic carbocycles. The molecule has 0 spiro atoms. The summed E-state index contributed by atoms with van der Waals surface area (Å²) in [4.78, 5) is 25.1. The standard InChI is InChI=1S/C29H32BrN3O4/c1-19-11-14-21(15-12-19)32-28(36)37-27(22-18-20(30)13-16-25(22)34)29(2,3)17-7-6-10-26(35)33-24-9-5-4-8-23(24)31/h4-6,8-16,18,27,34H,7,17,31H2,1-3H3,(H,32,36)(H,33,35)/b10-6+/t27-/m0/s1. The van der Waals surface area contributed by atoms with Gasteiger partial charge < -0.3 is 20.9 Å². The molecule has 0 aliphatic rings. The zero-order valence-electron chi connectivity index (χ0n) is 21.1. The maximum atomic E-state index is 12.8. The molecule has 194 valence electrons. The van der Waals surface area contributed by atoms with Crippen LogP contribution in [-0.4, -0.2) is 17.1 Å². The van der Waals surface area contributed by atoms with Gasteiger partial charge in [-0.25, -0.2) is 4.79 Å². The first-order valence-electron chi connectivity index (χ1n) is 11.9. The number of aromatic hydroxyl groups is 1. The van der Waals surface area contributed by atoms with Crippen molar-refractivity contribution in [2.75, 3.05) is 16.4 Å². The molecule has 0 aliphatic carbocycles. The van der Waals surface area contributed by atoms with Gasteiger partial charge in [0.2, 0.25) is 5.91 Å². The Morgan fingerprint density at radius 2 is 1.78 bits per heavy atom. The molecule has 0 aromatic heterocycles. The van der Waals surface area contributed by atoms with E-state index in [1.807, 2.05) is 32.9 Å². The van der Waals surface area contributed by atoms with E-state index in [0.29, 0.717) is 35.5 Å². The first kappa shape index (κ1) is 27.8. The van der Waals surface area contributed by atoms with Gasteiger partial charge in [-0.3, -0.25) is 10.1 Å². The highest BCUT2D eigenvalue weighted by molar-refractivity contribution is 9.10. The average Bonchev–Trinajstić information content (AvgIpc) is 2.85. The van der Waals surface area contributed by atoms with Crippen molar-refractivity contribution < 1.29 is 19.4 Å². The Morgan fingerprint density at radius 1 is 1.08 bits per heavy atom. The lowest BCUT2D eigenvalue weighted by Gasteiger charge is -2.34. The van der Waals surface area contributed by atoms with E-state index in [9.17, 15) is 14.7 Å². The summed E-state index contributed by atoms with van der Waals surface area (Å²) >= 11 is 3.44. The number of halogens is 1. The van der Waals surface area contributed by atoms with Crippen LogP contribution in [0.25, 0.3) is 0 Å². The van der Waals surface area contributed by atoms with Gasteiger partial charge in [0.05, 0.1) is 11.4 Å². The largest absolute Gasteiger partial charge is 0.508 e. The zero-order chi connectivity index (χ0) is 27.0. The Balaban J connectivity index is 1.71. The van der Waals surface area contributed by atoms with Crippen molar-refractivity contribution in [2.45, 2.75) is 39.7 Å². The Labute approximate surface area is 225 Å². The van der Waals surface area contributed by atoms with Crippen molar-refractivity contribution in [3.8, 4) is 5.75 Å². The minimum absolute atomic E-state index is 0.0276. The predicted molar refractivity (Wildman–Crippen MR) is 151 cm³/mol. The minimum Gasteiger partial charge on any atom is -0.508 e. The van der Waals surface area contributed by atoms with Gasteiger partial charge in [0.1, 0.15) is 11.9 Å². The predicted octanol–water partition coefficient (Wildman–Crippen LogP) is 7.34. The van der Waals surface area contributed by atoms with Crippen LogP contribution in [0, 0.1) is 12.3 Å². The SMILES string of the molecule is Cc1ccc(NC(=O)O[C@@H](c2cc(Br)ccc2O)C(C)(C)CC/C=C/C(=O)Nc2ccccc2N)cc1. The molecule has 2 amide bonds. The number of nitrogen functional groups attached to an aromatic ring is 1. The number of phenolic OH excluding ortho intramolecular Hbond substituents is 1. The van der Waals surface area contributed by atoms with E-state index in [2.05, 4.69) is 26.6 Å². The summed E-state index contributed by atoms with van der Waals surface area (Å²) in [6, 6.07) is 19.5. The Hall–Kier alpha value is -3.78. The van der Waals surface area contributed by atoms with Crippen LogP contribution in [0.2, 0.25) is 0 Å². The van der Waals surface area contributed by atoms with Crippen LogP contribution in [-0.2, 0) is 9.53 Å². The second-order valence-corrected chi connectivity index (χ2v) is 10.4. The summed E-state index contributed by atoms with van der Waals surface area (Å²) < 4.78 is 6.64. The number of hydrogen-bond donors (Lipinski definition) is 4. The fourth-order valence-corrected chi connectivity index (χ4v) is 4.21. The molecule has 0 bridgehead atoms. The number of nitrogens with one attached hydrogen (secondary N) is 2. The van der Waals surface area contributed by atoms with Gasteiger partial charge >= 0.3 is 6.09 Å². The summed E-state index contributed by atoms with van der Waals surface area (Å²) in [5.41, 5.74) is 8.50. The summed E-state index contributed by atoms with van der Waals surface area (Å²) in [6.07, 6.45) is 2.94. The number of allylic oxidation sites excluding steroid dienone is 1. The summed E-state index contributed by atoms with van der Waals surface area (Å²) in [7, 11) is 0. The van der Waals surface area contributed by atoms with Crippen molar-refractivity contribution in [2.24, 2.45) is 5.41 Å². The number of benzene rings is 3. The van der Waals surface area contributed by atoms with E-state index in [1.165, 1.54) is 6.08 Å². The monoisotopic (exact) mass is 565 g/mol. The molecule has 0 fully saturated rings. The highest BCUT2D eigenvalue weighted by Gasteiger charge is 2.35. The number of carbonyl (C=O) groups is 2. The highest BCUT2D eigenvalue weighted by Crippen LogP contribution is 2.44. The third kappa shape index (κ3) is 8.11. The number of anilines is 3. The molecule has 7 nitrogen and oxygen atoms in total. The first-order valence-corrected chi connectivity index (χ1v) is 12.7. The quantitative estimate of drug-likeness (QED) is 0.160. The van der Waals surface area contributed by atoms with Crippen molar-refractivity contribution in [3.63, 3.8) is 0 Å². The second-order valence-electron chi connectivity index (χ2n) is 9.49. The molecule has 8 heteroatoms. The molecule has 1 atom stereocenters. The number of para-hydroxylation sites is 2. The van der Waals surface area contributed by atoms with Gasteiger partial charge in [0.25, 0.3) is 0 Å². The average molecular weight is 566 g/mol. The number of amides is 2. The molecule has 3 rings (SSSR count). The molecule has 3 aromatic rings. The van der Waals surface area contributed by atoms with Gasteiger partial charge in [-0.1, -0.05) is 65.7 Å².